The second kappa shape index (κ2) is 15.6. The van der Waals surface area contributed by atoms with E-state index in [1.165, 1.54) is 44.9 Å². The zero-order valence-corrected chi connectivity index (χ0v) is 27.6. The highest BCUT2D eigenvalue weighted by atomic mass is 16.7. The van der Waals surface area contributed by atoms with Gasteiger partial charge in [-0.1, -0.05) is 72.6 Å². The highest BCUT2D eigenvalue weighted by molar-refractivity contribution is 5.59. The fourth-order valence-electron chi connectivity index (χ4n) is 6.72. The van der Waals surface area contributed by atoms with Crippen LogP contribution in [-0.4, -0.2) is 63.3 Å². The zero-order chi connectivity index (χ0) is 31.2. The molecule has 2 heterocycles. The van der Waals surface area contributed by atoms with E-state index in [4.69, 9.17) is 14.2 Å². The molecular weight excluding hydrogens is 532 g/mol. The number of aliphatic hydroxyl groups excluding tert-OH is 4. The largest absolute Gasteiger partial charge is 0.487 e. The van der Waals surface area contributed by atoms with E-state index in [9.17, 15) is 20.4 Å². The van der Waals surface area contributed by atoms with Crippen molar-refractivity contribution in [3.05, 3.63) is 22.3 Å². The standard InChI is InChI=1S/C35H60O7/c1-21(2)12-9-13-22(3)14-10-15-23(4)16-11-18-35(8)19-17-27-26(7)32(24(5)25(6)33(27)42-35)41-34-31(39)30(38)29(37)28(20-36)40-34/h21-23,28-31,34,36-39H,9-20H2,1-8H3/t22?,23?,28-,29-,30+,31+,34?,35?/m1/s1. The minimum absolute atomic E-state index is 0.207. The molecule has 1 saturated heterocycles. The maximum Gasteiger partial charge on any atom is 0.229 e. The molecule has 242 valence electrons. The van der Waals surface area contributed by atoms with Crippen LogP contribution in [0.25, 0.3) is 0 Å². The van der Waals surface area contributed by atoms with Crippen LogP contribution in [0.4, 0.5) is 0 Å². The maximum absolute atomic E-state index is 10.5. The van der Waals surface area contributed by atoms with E-state index in [2.05, 4.69) is 34.6 Å². The van der Waals surface area contributed by atoms with Crippen LogP contribution in [0.1, 0.15) is 121 Å². The van der Waals surface area contributed by atoms with Crippen LogP contribution in [0, 0.1) is 38.5 Å². The average Bonchev–Trinajstić information content (AvgIpc) is 2.93. The minimum Gasteiger partial charge on any atom is -0.487 e. The molecule has 0 radical (unpaired) electrons. The lowest BCUT2D eigenvalue weighted by Crippen LogP contribution is -2.60. The molecule has 0 spiro atoms. The monoisotopic (exact) mass is 592 g/mol. The number of benzene rings is 1. The van der Waals surface area contributed by atoms with Gasteiger partial charge in [0, 0.05) is 5.56 Å². The molecule has 0 aliphatic carbocycles. The predicted molar refractivity (Wildman–Crippen MR) is 167 cm³/mol. The van der Waals surface area contributed by atoms with Gasteiger partial charge >= 0.3 is 0 Å². The molecule has 42 heavy (non-hydrogen) atoms. The lowest BCUT2D eigenvalue weighted by molar-refractivity contribution is -0.277. The second-order valence-corrected chi connectivity index (χ2v) is 14.2. The van der Waals surface area contributed by atoms with E-state index in [1.54, 1.807) is 0 Å². The molecule has 3 rings (SSSR count). The molecule has 1 fully saturated rings. The lowest BCUT2D eigenvalue weighted by Gasteiger charge is -2.41. The number of aliphatic hydroxyl groups is 4. The summed E-state index contributed by atoms with van der Waals surface area (Å²) in [5, 5.41) is 40.4. The van der Waals surface area contributed by atoms with Crippen molar-refractivity contribution in [2.75, 3.05) is 6.61 Å². The predicted octanol–water partition coefficient (Wildman–Crippen LogP) is 6.31. The van der Waals surface area contributed by atoms with Gasteiger partial charge in [0.1, 0.15) is 41.5 Å². The van der Waals surface area contributed by atoms with Crippen molar-refractivity contribution in [2.45, 2.75) is 162 Å². The van der Waals surface area contributed by atoms with E-state index >= 15 is 0 Å². The second-order valence-electron chi connectivity index (χ2n) is 14.2. The van der Waals surface area contributed by atoms with Gasteiger partial charge in [0.05, 0.1) is 6.61 Å². The summed E-state index contributed by atoms with van der Waals surface area (Å²) in [6.07, 6.45) is 6.72. The third kappa shape index (κ3) is 8.84. The van der Waals surface area contributed by atoms with Crippen molar-refractivity contribution in [3.8, 4) is 11.5 Å². The smallest absolute Gasteiger partial charge is 0.229 e. The van der Waals surface area contributed by atoms with Crippen molar-refractivity contribution in [3.63, 3.8) is 0 Å². The van der Waals surface area contributed by atoms with Crippen molar-refractivity contribution < 1.29 is 34.6 Å². The number of fused-ring (bicyclic) bond motifs is 1. The SMILES string of the molecule is Cc1c(C)c2c(c(C)c1OC1O[C@H](CO)[C@@H](O)[C@H](O)[C@@H]1O)CCC(C)(CCCC(C)CCCC(C)CCCC(C)C)O2. The summed E-state index contributed by atoms with van der Waals surface area (Å²) in [5.41, 5.74) is 3.71. The molecule has 7 nitrogen and oxygen atoms in total. The van der Waals surface area contributed by atoms with Crippen molar-refractivity contribution >= 4 is 0 Å². The Kier molecular flexibility index (Phi) is 13.0. The molecule has 0 aromatic heterocycles. The molecule has 8 atom stereocenters. The van der Waals surface area contributed by atoms with Gasteiger partial charge in [-0.2, -0.15) is 0 Å². The van der Waals surface area contributed by atoms with Crippen molar-refractivity contribution in [2.24, 2.45) is 17.8 Å². The van der Waals surface area contributed by atoms with Gasteiger partial charge in [-0.25, -0.2) is 0 Å². The first kappa shape index (κ1) is 35.1. The molecule has 4 N–H and O–H groups in total. The molecule has 0 saturated carbocycles. The van der Waals surface area contributed by atoms with E-state index in [1.807, 2.05) is 20.8 Å². The summed E-state index contributed by atoms with van der Waals surface area (Å²) in [6.45, 7) is 17.2. The van der Waals surface area contributed by atoms with Crippen molar-refractivity contribution in [1.29, 1.82) is 0 Å². The van der Waals surface area contributed by atoms with Gasteiger partial charge in [-0.3, -0.25) is 0 Å². The summed E-state index contributed by atoms with van der Waals surface area (Å²) in [4.78, 5) is 0. The van der Waals surface area contributed by atoms with Gasteiger partial charge in [-0.15, -0.1) is 0 Å². The Balaban J connectivity index is 1.55. The first-order chi connectivity index (χ1) is 19.8. The molecule has 2 aliphatic rings. The van der Waals surface area contributed by atoms with Crippen LogP contribution in [0.15, 0.2) is 0 Å². The summed E-state index contributed by atoms with van der Waals surface area (Å²) in [6, 6.07) is 0. The van der Waals surface area contributed by atoms with Crippen molar-refractivity contribution in [1.82, 2.24) is 0 Å². The number of rotatable bonds is 15. The minimum atomic E-state index is -1.48. The van der Waals surface area contributed by atoms with Crippen LogP contribution in [0.5, 0.6) is 11.5 Å². The molecule has 4 unspecified atom stereocenters. The number of hydrogen-bond donors (Lipinski definition) is 4. The molecule has 1 aromatic rings. The Labute approximate surface area is 255 Å². The van der Waals surface area contributed by atoms with E-state index in [0.29, 0.717) is 5.75 Å². The third-order valence-electron chi connectivity index (χ3n) is 9.92. The zero-order valence-electron chi connectivity index (χ0n) is 27.6. The topological polar surface area (TPSA) is 109 Å². The first-order valence-electron chi connectivity index (χ1n) is 16.6. The van der Waals surface area contributed by atoms with Crippen LogP contribution < -0.4 is 9.47 Å². The highest BCUT2D eigenvalue weighted by Crippen LogP contribution is 2.45. The summed E-state index contributed by atoms with van der Waals surface area (Å²) < 4.78 is 18.5. The fourth-order valence-corrected chi connectivity index (χ4v) is 6.72. The Hall–Kier alpha value is -1.38. The molecule has 2 aliphatic heterocycles. The highest BCUT2D eigenvalue weighted by Gasteiger charge is 2.45. The van der Waals surface area contributed by atoms with Gasteiger partial charge in [0.15, 0.2) is 0 Å². The van der Waals surface area contributed by atoms with E-state index < -0.39 is 37.3 Å². The summed E-state index contributed by atoms with van der Waals surface area (Å²) in [5.74, 6) is 3.91. The average molecular weight is 593 g/mol. The van der Waals surface area contributed by atoms with Crippen LogP contribution in [0.3, 0.4) is 0 Å². The molecular formula is C35H60O7. The van der Waals surface area contributed by atoms with Gasteiger partial charge < -0.3 is 34.6 Å². The normalized spacial score (nSPS) is 29.2. The first-order valence-corrected chi connectivity index (χ1v) is 16.6. The van der Waals surface area contributed by atoms with E-state index in [0.717, 1.165) is 71.4 Å². The Morgan fingerprint density at radius 1 is 0.810 bits per heavy atom. The third-order valence-corrected chi connectivity index (χ3v) is 9.92. The van der Waals surface area contributed by atoms with Gasteiger partial charge in [0.2, 0.25) is 6.29 Å². The fraction of sp³-hybridized carbons (Fsp3) is 0.829. The quantitative estimate of drug-likeness (QED) is 0.189. The lowest BCUT2D eigenvalue weighted by atomic mass is 9.83. The maximum atomic E-state index is 10.5. The molecule has 0 bridgehead atoms. The molecule has 0 amide bonds. The summed E-state index contributed by atoms with van der Waals surface area (Å²) >= 11 is 0. The Morgan fingerprint density at radius 3 is 2.00 bits per heavy atom. The van der Waals surface area contributed by atoms with E-state index in [-0.39, 0.29) is 5.60 Å². The Bertz CT molecular complexity index is 992. The molecule has 7 heteroatoms. The van der Waals surface area contributed by atoms with Gasteiger partial charge in [0.25, 0.3) is 0 Å². The Morgan fingerprint density at radius 2 is 1.40 bits per heavy atom. The number of ether oxygens (including phenoxy) is 3. The van der Waals surface area contributed by atoms with Crippen LogP contribution in [0.2, 0.25) is 0 Å². The van der Waals surface area contributed by atoms with Crippen LogP contribution in [-0.2, 0) is 11.2 Å². The molecule has 1 aromatic carbocycles. The summed E-state index contributed by atoms with van der Waals surface area (Å²) in [7, 11) is 0. The number of hydrogen-bond acceptors (Lipinski definition) is 7. The van der Waals surface area contributed by atoms with Gasteiger partial charge in [-0.05, 0) is 87.8 Å². The van der Waals surface area contributed by atoms with Crippen LogP contribution >= 0.6 is 0 Å².